The summed E-state index contributed by atoms with van der Waals surface area (Å²) in [6, 6.07) is 14.5. The molecule has 0 unspecified atom stereocenters. The number of hydrogen-bond acceptors (Lipinski definition) is 2. The van der Waals surface area contributed by atoms with E-state index in [1.165, 1.54) is 5.56 Å². The number of imidazole rings is 1. The lowest BCUT2D eigenvalue weighted by Crippen LogP contribution is -1.97. The van der Waals surface area contributed by atoms with Crippen LogP contribution in [0.2, 0.25) is 0 Å². The largest absolute Gasteiger partial charge is 0.325 e. The molecule has 0 saturated heterocycles. The number of nitrogens with zero attached hydrogens (tertiary/aromatic N) is 3. The summed E-state index contributed by atoms with van der Waals surface area (Å²) in [7, 11) is 0. The fourth-order valence-corrected chi connectivity index (χ4v) is 1.95. The predicted molar refractivity (Wildman–Crippen MR) is 67.8 cm³/mol. The zero-order chi connectivity index (χ0) is 11.7. The molecular weight excluding hydrogens is 210 g/mol. The summed E-state index contributed by atoms with van der Waals surface area (Å²) in [4.78, 5) is 8.73. The van der Waals surface area contributed by atoms with Crippen LogP contribution in [-0.2, 0) is 6.54 Å². The zero-order valence-corrected chi connectivity index (χ0v) is 9.67. The van der Waals surface area contributed by atoms with Crippen LogP contribution in [0, 0.1) is 6.92 Å². The molecule has 17 heavy (non-hydrogen) atoms. The molecular formula is C14H13N3. The quantitative estimate of drug-likeness (QED) is 0.668. The van der Waals surface area contributed by atoms with E-state index in [9.17, 15) is 0 Å². The van der Waals surface area contributed by atoms with Crippen LogP contribution in [0.25, 0.3) is 11.2 Å². The molecule has 0 amide bonds. The fourth-order valence-electron chi connectivity index (χ4n) is 1.95. The molecule has 2 heterocycles. The van der Waals surface area contributed by atoms with Crippen LogP contribution in [0.4, 0.5) is 0 Å². The highest BCUT2D eigenvalue weighted by molar-refractivity contribution is 5.70. The number of benzene rings is 1. The second kappa shape index (κ2) is 4.01. The Kier molecular flexibility index (Phi) is 2.37. The molecule has 0 aliphatic carbocycles. The summed E-state index contributed by atoms with van der Waals surface area (Å²) in [6.07, 6.45) is 1.85. The molecule has 3 nitrogen and oxygen atoms in total. The third-order valence-electron chi connectivity index (χ3n) is 2.82. The van der Waals surface area contributed by atoms with Crippen LogP contribution in [-0.4, -0.2) is 14.5 Å². The standard InChI is InChI=1S/C14H13N3/c1-11-7-8-13-14(16-11)15-10-17(13)9-12-5-3-2-4-6-12/h2-8,10H,9H2,1H3. The van der Waals surface area contributed by atoms with Gasteiger partial charge in [-0.3, -0.25) is 0 Å². The summed E-state index contributed by atoms with van der Waals surface area (Å²) in [5.74, 6) is 0. The van der Waals surface area contributed by atoms with Crippen molar-refractivity contribution in [1.82, 2.24) is 14.5 Å². The van der Waals surface area contributed by atoms with E-state index in [1.54, 1.807) is 0 Å². The molecule has 0 radical (unpaired) electrons. The molecule has 3 heteroatoms. The Labute approximate surface area is 99.8 Å². The Hall–Kier alpha value is -2.16. The average molecular weight is 223 g/mol. The normalized spacial score (nSPS) is 10.9. The highest BCUT2D eigenvalue weighted by Crippen LogP contribution is 2.13. The van der Waals surface area contributed by atoms with Gasteiger partial charge < -0.3 is 4.57 Å². The monoisotopic (exact) mass is 223 g/mol. The molecule has 0 saturated carbocycles. The summed E-state index contributed by atoms with van der Waals surface area (Å²) in [5, 5.41) is 0. The van der Waals surface area contributed by atoms with Crippen molar-refractivity contribution in [2.24, 2.45) is 0 Å². The number of aromatic nitrogens is 3. The average Bonchev–Trinajstić information content (AvgIpc) is 2.73. The number of pyridine rings is 1. The van der Waals surface area contributed by atoms with Gasteiger partial charge in [0.15, 0.2) is 5.65 Å². The highest BCUT2D eigenvalue weighted by atomic mass is 15.1. The van der Waals surface area contributed by atoms with Crippen molar-refractivity contribution in [3.63, 3.8) is 0 Å². The summed E-state index contributed by atoms with van der Waals surface area (Å²) >= 11 is 0. The van der Waals surface area contributed by atoms with Crippen LogP contribution in [0.15, 0.2) is 48.8 Å². The predicted octanol–water partition coefficient (Wildman–Crippen LogP) is 2.79. The van der Waals surface area contributed by atoms with Crippen LogP contribution in [0.5, 0.6) is 0 Å². The van der Waals surface area contributed by atoms with Crippen molar-refractivity contribution in [3.05, 3.63) is 60.0 Å². The Balaban J connectivity index is 2.01. The SMILES string of the molecule is Cc1ccc2c(ncn2Cc2ccccc2)n1. The highest BCUT2D eigenvalue weighted by Gasteiger charge is 2.03. The van der Waals surface area contributed by atoms with E-state index in [0.29, 0.717) is 0 Å². The van der Waals surface area contributed by atoms with E-state index < -0.39 is 0 Å². The Morgan fingerprint density at radius 2 is 1.88 bits per heavy atom. The molecule has 0 spiro atoms. The smallest absolute Gasteiger partial charge is 0.177 e. The van der Waals surface area contributed by atoms with Crippen molar-refractivity contribution in [1.29, 1.82) is 0 Å². The van der Waals surface area contributed by atoms with Crippen molar-refractivity contribution in [2.75, 3.05) is 0 Å². The molecule has 1 aromatic carbocycles. The Morgan fingerprint density at radius 1 is 1.06 bits per heavy atom. The van der Waals surface area contributed by atoms with Crippen molar-refractivity contribution in [2.45, 2.75) is 13.5 Å². The van der Waals surface area contributed by atoms with E-state index in [0.717, 1.165) is 23.4 Å². The lowest BCUT2D eigenvalue weighted by atomic mass is 10.2. The van der Waals surface area contributed by atoms with Gasteiger partial charge in [-0.25, -0.2) is 9.97 Å². The first-order valence-corrected chi connectivity index (χ1v) is 5.65. The fraction of sp³-hybridized carbons (Fsp3) is 0.143. The van der Waals surface area contributed by atoms with Gasteiger partial charge in [-0.2, -0.15) is 0 Å². The van der Waals surface area contributed by atoms with Crippen molar-refractivity contribution < 1.29 is 0 Å². The van der Waals surface area contributed by atoms with Crippen LogP contribution < -0.4 is 0 Å². The van der Waals surface area contributed by atoms with E-state index in [2.05, 4.69) is 44.9 Å². The van der Waals surface area contributed by atoms with E-state index in [4.69, 9.17) is 0 Å². The summed E-state index contributed by atoms with van der Waals surface area (Å²) in [5.41, 5.74) is 4.18. The molecule has 2 aromatic heterocycles. The molecule has 0 aliphatic rings. The third-order valence-corrected chi connectivity index (χ3v) is 2.82. The van der Waals surface area contributed by atoms with Gasteiger partial charge in [0.25, 0.3) is 0 Å². The molecule has 84 valence electrons. The summed E-state index contributed by atoms with van der Waals surface area (Å²) in [6.45, 7) is 2.82. The van der Waals surface area contributed by atoms with Gasteiger partial charge in [0.1, 0.15) is 0 Å². The Bertz CT molecular complexity index is 641. The molecule has 3 aromatic rings. The first-order chi connectivity index (χ1) is 8.33. The second-order valence-corrected chi connectivity index (χ2v) is 4.15. The third kappa shape index (κ3) is 1.91. The summed E-state index contributed by atoms with van der Waals surface area (Å²) < 4.78 is 2.12. The van der Waals surface area contributed by atoms with Gasteiger partial charge >= 0.3 is 0 Å². The van der Waals surface area contributed by atoms with Crippen LogP contribution >= 0.6 is 0 Å². The lowest BCUT2D eigenvalue weighted by molar-refractivity contribution is 0.824. The lowest BCUT2D eigenvalue weighted by Gasteiger charge is -2.03. The van der Waals surface area contributed by atoms with Gasteiger partial charge in [-0.05, 0) is 24.6 Å². The first-order valence-electron chi connectivity index (χ1n) is 5.65. The van der Waals surface area contributed by atoms with Gasteiger partial charge in [-0.15, -0.1) is 0 Å². The van der Waals surface area contributed by atoms with E-state index >= 15 is 0 Å². The first kappa shape index (κ1) is 10.0. The van der Waals surface area contributed by atoms with Crippen LogP contribution in [0.1, 0.15) is 11.3 Å². The topological polar surface area (TPSA) is 30.7 Å². The maximum Gasteiger partial charge on any atom is 0.177 e. The second-order valence-electron chi connectivity index (χ2n) is 4.15. The van der Waals surface area contributed by atoms with E-state index in [-0.39, 0.29) is 0 Å². The maximum atomic E-state index is 4.41. The zero-order valence-electron chi connectivity index (χ0n) is 9.67. The minimum atomic E-state index is 0.820. The molecule has 0 fully saturated rings. The minimum Gasteiger partial charge on any atom is -0.325 e. The Morgan fingerprint density at radius 3 is 2.71 bits per heavy atom. The number of aryl methyl sites for hydroxylation is 1. The molecule has 0 aliphatic heterocycles. The minimum absolute atomic E-state index is 0.820. The number of hydrogen-bond donors (Lipinski definition) is 0. The maximum absolute atomic E-state index is 4.41. The number of rotatable bonds is 2. The van der Waals surface area contributed by atoms with Crippen molar-refractivity contribution >= 4 is 11.2 Å². The molecule has 3 rings (SSSR count). The van der Waals surface area contributed by atoms with Gasteiger partial charge in [0.05, 0.1) is 11.8 Å². The van der Waals surface area contributed by atoms with Gasteiger partial charge in [0, 0.05) is 12.2 Å². The van der Waals surface area contributed by atoms with E-state index in [1.807, 2.05) is 25.4 Å². The number of fused-ring (bicyclic) bond motifs is 1. The van der Waals surface area contributed by atoms with Crippen molar-refractivity contribution in [3.8, 4) is 0 Å². The molecule has 0 atom stereocenters. The van der Waals surface area contributed by atoms with Gasteiger partial charge in [-0.1, -0.05) is 30.3 Å². The van der Waals surface area contributed by atoms with Crippen LogP contribution in [0.3, 0.4) is 0 Å². The van der Waals surface area contributed by atoms with Gasteiger partial charge in [0.2, 0.25) is 0 Å². The molecule has 0 bridgehead atoms. The molecule has 0 N–H and O–H groups in total.